The second kappa shape index (κ2) is 1.91. The summed E-state index contributed by atoms with van der Waals surface area (Å²) in [4.78, 5) is 3.89. The van der Waals surface area contributed by atoms with Crippen molar-refractivity contribution in [3.8, 4) is 0 Å². The molecule has 0 amide bonds. The zero-order chi connectivity index (χ0) is 7.84. The van der Waals surface area contributed by atoms with Gasteiger partial charge in [-0.3, -0.25) is 0 Å². The minimum absolute atomic E-state index is 0.657. The number of aryl methyl sites for hydroxylation is 1. The SMILES string of the molecule is Cn1ncc2c[n+]([O-])cnc21. The first-order valence-electron chi connectivity index (χ1n) is 3.14. The predicted molar refractivity (Wildman–Crippen MR) is 37.5 cm³/mol. The smallest absolute Gasteiger partial charge is 0.291 e. The van der Waals surface area contributed by atoms with Crippen molar-refractivity contribution in [2.45, 2.75) is 0 Å². The van der Waals surface area contributed by atoms with Crippen LogP contribution in [-0.4, -0.2) is 14.8 Å². The van der Waals surface area contributed by atoms with Crippen molar-refractivity contribution in [3.63, 3.8) is 0 Å². The maximum absolute atomic E-state index is 10.7. The molecule has 0 aromatic carbocycles. The summed E-state index contributed by atoms with van der Waals surface area (Å²) in [5, 5.41) is 15.4. The minimum atomic E-state index is 0.657. The van der Waals surface area contributed by atoms with E-state index < -0.39 is 0 Å². The quantitative estimate of drug-likeness (QED) is 0.379. The molecule has 0 aliphatic rings. The molecule has 0 N–H and O–H groups in total. The molecule has 0 spiro atoms. The van der Waals surface area contributed by atoms with Gasteiger partial charge in [0, 0.05) is 7.05 Å². The summed E-state index contributed by atoms with van der Waals surface area (Å²) in [5.41, 5.74) is 0.720. The van der Waals surface area contributed by atoms with Crippen LogP contribution in [0.25, 0.3) is 11.0 Å². The van der Waals surface area contributed by atoms with Crippen LogP contribution in [0, 0.1) is 5.21 Å². The van der Waals surface area contributed by atoms with Crippen LogP contribution >= 0.6 is 0 Å². The second-order valence-electron chi connectivity index (χ2n) is 2.28. The molecule has 0 aliphatic carbocycles. The van der Waals surface area contributed by atoms with Gasteiger partial charge in [-0.2, -0.15) is 5.10 Å². The Kier molecular flexibility index (Phi) is 1.06. The molecule has 56 valence electrons. The fourth-order valence-electron chi connectivity index (χ4n) is 0.979. The van der Waals surface area contributed by atoms with E-state index in [1.54, 1.807) is 17.9 Å². The van der Waals surface area contributed by atoms with Crippen molar-refractivity contribution in [2.75, 3.05) is 0 Å². The summed E-state index contributed by atoms with van der Waals surface area (Å²) in [5.74, 6) is 0. The van der Waals surface area contributed by atoms with E-state index in [0.29, 0.717) is 4.73 Å². The highest BCUT2D eigenvalue weighted by Crippen LogP contribution is 2.04. The van der Waals surface area contributed by atoms with E-state index in [1.165, 1.54) is 12.5 Å². The third-order valence-corrected chi connectivity index (χ3v) is 1.49. The number of hydrogen-bond acceptors (Lipinski definition) is 3. The molecule has 5 heteroatoms. The summed E-state index contributed by atoms with van der Waals surface area (Å²) in [6, 6.07) is 0. The van der Waals surface area contributed by atoms with Crippen molar-refractivity contribution in [1.29, 1.82) is 0 Å². The molecule has 2 aromatic rings. The molecule has 0 atom stereocenters. The van der Waals surface area contributed by atoms with Crippen molar-refractivity contribution >= 4 is 11.0 Å². The summed E-state index contributed by atoms with van der Waals surface area (Å²) in [6.07, 6.45) is 4.26. The first-order valence-corrected chi connectivity index (χ1v) is 3.14. The molecule has 0 saturated heterocycles. The summed E-state index contributed by atoms with van der Waals surface area (Å²) in [7, 11) is 1.78. The molecule has 2 rings (SSSR count). The summed E-state index contributed by atoms with van der Waals surface area (Å²) < 4.78 is 2.28. The van der Waals surface area contributed by atoms with Gasteiger partial charge in [0.05, 0.1) is 6.20 Å². The highest BCUT2D eigenvalue weighted by Gasteiger charge is 2.04. The van der Waals surface area contributed by atoms with Crippen LogP contribution in [0.4, 0.5) is 0 Å². The largest absolute Gasteiger partial charge is 0.711 e. The van der Waals surface area contributed by atoms with Crippen LogP contribution in [0.1, 0.15) is 0 Å². The number of aromatic nitrogens is 4. The van der Waals surface area contributed by atoms with Gasteiger partial charge in [0.2, 0.25) is 0 Å². The zero-order valence-electron chi connectivity index (χ0n) is 5.93. The lowest BCUT2D eigenvalue weighted by molar-refractivity contribution is -0.607. The van der Waals surface area contributed by atoms with Gasteiger partial charge in [-0.25, -0.2) is 9.41 Å². The average Bonchev–Trinajstić information content (AvgIpc) is 2.32. The Balaban J connectivity index is 2.86. The first-order chi connectivity index (χ1) is 5.27. The fourth-order valence-corrected chi connectivity index (χ4v) is 0.979. The zero-order valence-corrected chi connectivity index (χ0v) is 5.93. The van der Waals surface area contributed by atoms with Gasteiger partial charge in [0.15, 0.2) is 0 Å². The number of nitrogens with zero attached hydrogens (tertiary/aromatic N) is 4. The van der Waals surface area contributed by atoms with Crippen molar-refractivity contribution in [1.82, 2.24) is 14.8 Å². The highest BCUT2D eigenvalue weighted by atomic mass is 16.5. The third-order valence-electron chi connectivity index (χ3n) is 1.49. The third kappa shape index (κ3) is 0.813. The van der Waals surface area contributed by atoms with Crippen molar-refractivity contribution < 1.29 is 4.73 Å². The van der Waals surface area contributed by atoms with E-state index in [0.717, 1.165) is 11.0 Å². The minimum Gasteiger partial charge on any atom is -0.711 e. The Morgan fingerprint density at radius 3 is 3.27 bits per heavy atom. The Hall–Kier alpha value is -1.65. The van der Waals surface area contributed by atoms with Crippen LogP contribution in [0.15, 0.2) is 18.7 Å². The molecule has 0 unspecified atom stereocenters. The maximum atomic E-state index is 10.7. The Labute approximate surface area is 62.5 Å². The molecule has 0 aliphatic heterocycles. The van der Waals surface area contributed by atoms with Gasteiger partial charge in [-0.15, -0.1) is 0 Å². The van der Waals surface area contributed by atoms with E-state index in [-0.39, 0.29) is 0 Å². The van der Waals surface area contributed by atoms with E-state index in [1.807, 2.05) is 0 Å². The lowest BCUT2D eigenvalue weighted by atomic mass is 10.4. The molecule has 11 heavy (non-hydrogen) atoms. The van der Waals surface area contributed by atoms with Gasteiger partial charge in [0.25, 0.3) is 12.0 Å². The van der Waals surface area contributed by atoms with Crippen LogP contribution in [0.2, 0.25) is 0 Å². The molecule has 2 aromatic heterocycles. The molecule has 0 radical (unpaired) electrons. The molecule has 0 fully saturated rings. The molecule has 0 bridgehead atoms. The topological polar surface area (TPSA) is 57.6 Å². The Bertz CT molecular complexity index is 394. The number of rotatable bonds is 0. The van der Waals surface area contributed by atoms with E-state index in [9.17, 15) is 5.21 Å². The monoisotopic (exact) mass is 150 g/mol. The average molecular weight is 150 g/mol. The second-order valence-corrected chi connectivity index (χ2v) is 2.28. The van der Waals surface area contributed by atoms with E-state index in [4.69, 9.17) is 0 Å². The first kappa shape index (κ1) is 6.09. The Morgan fingerprint density at radius 1 is 1.64 bits per heavy atom. The molecule has 2 heterocycles. The summed E-state index contributed by atoms with van der Waals surface area (Å²) in [6.45, 7) is 0. The van der Waals surface area contributed by atoms with Crippen LogP contribution in [-0.2, 0) is 7.05 Å². The van der Waals surface area contributed by atoms with Gasteiger partial charge < -0.3 is 5.21 Å². The standard InChI is InChI=1S/C6H6N4O/c1-9-6-5(2-8-9)3-10(11)4-7-6/h2-4H,1H3. The highest BCUT2D eigenvalue weighted by molar-refractivity contribution is 5.71. The number of fused-ring (bicyclic) bond motifs is 1. The molecule has 5 nitrogen and oxygen atoms in total. The maximum Gasteiger partial charge on any atom is 0.291 e. The van der Waals surface area contributed by atoms with Crippen LogP contribution < -0.4 is 4.73 Å². The fraction of sp³-hybridized carbons (Fsp3) is 0.167. The predicted octanol–water partition coefficient (Wildman–Crippen LogP) is -0.398. The molecular weight excluding hydrogens is 144 g/mol. The van der Waals surface area contributed by atoms with Crippen LogP contribution in [0.5, 0.6) is 0 Å². The van der Waals surface area contributed by atoms with E-state index in [2.05, 4.69) is 10.1 Å². The Morgan fingerprint density at radius 2 is 2.45 bits per heavy atom. The van der Waals surface area contributed by atoms with Gasteiger partial charge in [0.1, 0.15) is 11.6 Å². The van der Waals surface area contributed by atoms with Crippen molar-refractivity contribution in [2.24, 2.45) is 7.05 Å². The molecular formula is C6H6N4O. The van der Waals surface area contributed by atoms with Gasteiger partial charge >= 0.3 is 0 Å². The number of hydrogen-bond donors (Lipinski definition) is 0. The summed E-state index contributed by atoms with van der Waals surface area (Å²) >= 11 is 0. The van der Waals surface area contributed by atoms with Crippen LogP contribution in [0.3, 0.4) is 0 Å². The van der Waals surface area contributed by atoms with Gasteiger partial charge in [-0.05, 0) is 4.98 Å². The van der Waals surface area contributed by atoms with E-state index >= 15 is 0 Å². The lowest BCUT2D eigenvalue weighted by Gasteiger charge is -1.95. The lowest BCUT2D eigenvalue weighted by Crippen LogP contribution is -2.24. The normalized spacial score (nSPS) is 10.6. The molecule has 0 saturated carbocycles. The van der Waals surface area contributed by atoms with Gasteiger partial charge in [-0.1, -0.05) is 0 Å². The van der Waals surface area contributed by atoms with Crippen molar-refractivity contribution in [3.05, 3.63) is 23.9 Å².